The van der Waals surface area contributed by atoms with E-state index in [1.807, 2.05) is 23.4 Å². The first-order valence-corrected chi connectivity index (χ1v) is 8.02. The van der Waals surface area contributed by atoms with E-state index in [4.69, 9.17) is 10.5 Å². The minimum atomic E-state index is 0.151. The molecule has 5 nitrogen and oxygen atoms in total. The van der Waals surface area contributed by atoms with Crippen LogP contribution in [0.25, 0.3) is 0 Å². The van der Waals surface area contributed by atoms with Gasteiger partial charge in [0.2, 0.25) is 5.95 Å². The molecule has 3 rings (SSSR count). The highest BCUT2D eigenvalue weighted by atomic mass is 32.2. The van der Waals surface area contributed by atoms with Gasteiger partial charge in [-0.3, -0.25) is 4.57 Å². The van der Waals surface area contributed by atoms with E-state index in [-0.39, 0.29) is 5.60 Å². The third kappa shape index (κ3) is 2.74. The quantitative estimate of drug-likeness (QED) is 0.902. The van der Waals surface area contributed by atoms with E-state index in [9.17, 15) is 0 Å². The van der Waals surface area contributed by atoms with Crippen LogP contribution in [0.5, 0.6) is 0 Å². The molecule has 1 aliphatic heterocycles. The maximum atomic E-state index is 6.13. The molecular weight excluding hydrogens is 260 g/mol. The number of hydrogen-bond acceptors (Lipinski definition) is 5. The summed E-state index contributed by atoms with van der Waals surface area (Å²) in [5, 5.41) is 9.58. The lowest BCUT2D eigenvalue weighted by Gasteiger charge is -2.43. The molecule has 1 aromatic rings. The molecule has 1 spiro atoms. The highest BCUT2D eigenvalue weighted by Crippen LogP contribution is 2.43. The van der Waals surface area contributed by atoms with E-state index >= 15 is 0 Å². The van der Waals surface area contributed by atoms with Crippen LogP contribution in [0.1, 0.15) is 44.9 Å². The average Bonchev–Trinajstić information content (AvgIpc) is 2.72. The number of nitrogen functional groups attached to an aromatic ring is 1. The number of nitrogens with two attached hydrogens (primary N) is 1. The fourth-order valence-electron chi connectivity index (χ4n) is 3.21. The Bertz CT molecular complexity index is 436. The first kappa shape index (κ1) is 13.2. The SMILES string of the molecule is Cn1c(N)nnc1SC1CCOC2(CCCCC2)C1. The van der Waals surface area contributed by atoms with E-state index < -0.39 is 0 Å². The van der Waals surface area contributed by atoms with Crippen molar-refractivity contribution in [3.8, 4) is 0 Å². The Labute approximate surface area is 118 Å². The van der Waals surface area contributed by atoms with Gasteiger partial charge in [0.1, 0.15) is 0 Å². The number of rotatable bonds is 2. The van der Waals surface area contributed by atoms with Crippen LogP contribution in [-0.4, -0.2) is 32.2 Å². The predicted octanol–water partition coefficient (Wildman–Crippen LogP) is 2.37. The van der Waals surface area contributed by atoms with E-state index in [1.165, 1.54) is 32.1 Å². The minimum absolute atomic E-state index is 0.151. The molecule has 1 saturated carbocycles. The summed E-state index contributed by atoms with van der Waals surface area (Å²) in [6.07, 6.45) is 8.69. The number of thioether (sulfide) groups is 1. The normalized spacial score (nSPS) is 26.7. The molecule has 6 heteroatoms. The molecule has 19 heavy (non-hydrogen) atoms. The molecule has 0 radical (unpaired) electrons. The number of nitrogens with zero attached hydrogens (tertiary/aromatic N) is 3. The van der Waals surface area contributed by atoms with Crippen LogP contribution in [0, 0.1) is 0 Å². The monoisotopic (exact) mass is 282 g/mol. The number of aromatic nitrogens is 3. The Kier molecular flexibility index (Phi) is 3.71. The topological polar surface area (TPSA) is 66.0 Å². The van der Waals surface area contributed by atoms with Crippen molar-refractivity contribution in [1.82, 2.24) is 14.8 Å². The van der Waals surface area contributed by atoms with Gasteiger partial charge in [-0.1, -0.05) is 31.0 Å². The lowest BCUT2D eigenvalue weighted by atomic mass is 9.80. The number of anilines is 1. The molecule has 0 aromatic carbocycles. The molecule has 1 unspecified atom stereocenters. The third-order valence-electron chi connectivity index (χ3n) is 4.35. The maximum Gasteiger partial charge on any atom is 0.222 e. The van der Waals surface area contributed by atoms with Crippen LogP contribution in [0.15, 0.2) is 5.16 Å². The zero-order valence-electron chi connectivity index (χ0n) is 11.5. The summed E-state index contributed by atoms with van der Waals surface area (Å²) in [6, 6.07) is 0. The van der Waals surface area contributed by atoms with Gasteiger partial charge < -0.3 is 10.5 Å². The molecule has 0 bridgehead atoms. The van der Waals surface area contributed by atoms with E-state index in [2.05, 4.69) is 10.2 Å². The van der Waals surface area contributed by atoms with Crippen molar-refractivity contribution in [2.75, 3.05) is 12.3 Å². The number of hydrogen-bond donors (Lipinski definition) is 1. The molecule has 2 aliphatic rings. The van der Waals surface area contributed by atoms with Crippen LogP contribution in [0.4, 0.5) is 5.95 Å². The van der Waals surface area contributed by atoms with Crippen molar-refractivity contribution >= 4 is 17.7 Å². The lowest BCUT2D eigenvalue weighted by molar-refractivity contribution is -0.0971. The van der Waals surface area contributed by atoms with Gasteiger partial charge in [0, 0.05) is 18.9 Å². The molecule has 1 aromatic heterocycles. The molecule has 2 heterocycles. The summed E-state index contributed by atoms with van der Waals surface area (Å²) in [6.45, 7) is 0.880. The Morgan fingerprint density at radius 2 is 2.11 bits per heavy atom. The molecular formula is C13H22N4OS. The van der Waals surface area contributed by atoms with Gasteiger partial charge in [0.15, 0.2) is 5.16 Å². The van der Waals surface area contributed by atoms with E-state index in [0.29, 0.717) is 11.2 Å². The van der Waals surface area contributed by atoms with E-state index in [0.717, 1.165) is 24.6 Å². The van der Waals surface area contributed by atoms with Crippen molar-refractivity contribution in [3.05, 3.63) is 0 Å². The van der Waals surface area contributed by atoms with Gasteiger partial charge in [-0.25, -0.2) is 0 Å². The standard InChI is InChI=1S/C13H22N4OS/c1-17-11(14)15-16-12(17)19-10-5-8-18-13(9-10)6-3-2-4-7-13/h10H,2-9H2,1H3,(H2,14,15). The predicted molar refractivity (Wildman–Crippen MR) is 76.1 cm³/mol. The first-order chi connectivity index (χ1) is 9.19. The smallest absolute Gasteiger partial charge is 0.222 e. The minimum Gasteiger partial charge on any atom is -0.375 e. The van der Waals surface area contributed by atoms with Gasteiger partial charge >= 0.3 is 0 Å². The van der Waals surface area contributed by atoms with Crippen LogP contribution < -0.4 is 5.73 Å². The van der Waals surface area contributed by atoms with Crippen molar-refractivity contribution in [1.29, 1.82) is 0 Å². The summed E-state index contributed by atoms with van der Waals surface area (Å²) in [7, 11) is 1.92. The molecule has 0 amide bonds. The van der Waals surface area contributed by atoms with Gasteiger partial charge in [-0.2, -0.15) is 0 Å². The molecule has 106 valence electrons. The zero-order valence-corrected chi connectivity index (χ0v) is 12.3. The zero-order chi connectivity index (χ0) is 13.3. The second-order valence-corrected chi connectivity index (χ2v) is 6.99. The van der Waals surface area contributed by atoms with E-state index in [1.54, 1.807) is 0 Å². The molecule has 2 N–H and O–H groups in total. The van der Waals surface area contributed by atoms with Crippen molar-refractivity contribution in [3.63, 3.8) is 0 Å². The molecule has 1 saturated heterocycles. The summed E-state index contributed by atoms with van der Waals surface area (Å²) >= 11 is 1.81. The Hall–Kier alpha value is -0.750. The third-order valence-corrected chi connectivity index (χ3v) is 5.66. The van der Waals surface area contributed by atoms with Crippen molar-refractivity contribution in [2.45, 2.75) is 61.0 Å². The molecule has 2 fully saturated rings. The molecule has 1 atom stereocenters. The van der Waals surface area contributed by atoms with Crippen LogP contribution in [0.2, 0.25) is 0 Å². The maximum absolute atomic E-state index is 6.13. The summed E-state index contributed by atoms with van der Waals surface area (Å²) in [5.41, 5.74) is 5.88. The molecule has 1 aliphatic carbocycles. The largest absolute Gasteiger partial charge is 0.375 e. The Balaban J connectivity index is 1.66. The average molecular weight is 282 g/mol. The van der Waals surface area contributed by atoms with Crippen molar-refractivity contribution < 1.29 is 4.74 Å². The van der Waals surface area contributed by atoms with Gasteiger partial charge in [-0.05, 0) is 25.7 Å². The van der Waals surface area contributed by atoms with Crippen molar-refractivity contribution in [2.24, 2.45) is 7.05 Å². The number of ether oxygens (including phenoxy) is 1. The highest BCUT2D eigenvalue weighted by molar-refractivity contribution is 7.99. The summed E-state index contributed by atoms with van der Waals surface area (Å²) in [5.74, 6) is 0.488. The van der Waals surface area contributed by atoms with Gasteiger partial charge in [0.25, 0.3) is 0 Å². The van der Waals surface area contributed by atoms with Crippen LogP contribution >= 0.6 is 11.8 Å². The second kappa shape index (κ2) is 5.32. The Morgan fingerprint density at radius 1 is 1.32 bits per heavy atom. The highest BCUT2D eigenvalue weighted by Gasteiger charge is 2.39. The summed E-state index contributed by atoms with van der Waals surface area (Å²) in [4.78, 5) is 0. The van der Waals surface area contributed by atoms with Gasteiger partial charge in [-0.15, -0.1) is 10.2 Å². The van der Waals surface area contributed by atoms with Crippen LogP contribution in [0.3, 0.4) is 0 Å². The fraction of sp³-hybridized carbons (Fsp3) is 0.846. The Morgan fingerprint density at radius 3 is 2.79 bits per heavy atom. The second-order valence-electron chi connectivity index (χ2n) is 5.72. The van der Waals surface area contributed by atoms with Gasteiger partial charge in [0.05, 0.1) is 5.60 Å². The fourth-order valence-corrected chi connectivity index (χ4v) is 4.44. The lowest BCUT2D eigenvalue weighted by Crippen LogP contribution is -2.42. The first-order valence-electron chi connectivity index (χ1n) is 7.14. The van der Waals surface area contributed by atoms with Crippen LogP contribution in [-0.2, 0) is 11.8 Å². The summed E-state index contributed by atoms with van der Waals surface area (Å²) < 4.78 is 8.00.